The molecule has 1 fully saturated rings. The van der Waals surface area contributed by atoms with Crippen molar-refractivity contribution in [3.63, 3.8) is 0 Å². The molecule has 0 radical (unpaired) electrons. The molecule has 6 heteroatoms. The molecule has 0 saturated heterocycles. The topological polar surface area (TPSA) is 80.4 Å². The van der Waals surface area contributed by atoms with Crippen LogP contribution in [0.25, 0.3) is 0 Å². The normalized spacial score (nSPS) is 14.0. The van der Waals surface area contributed by atoms with Gasteiger partial charge in [-0.2, -0.15) is 0 Å². The fourth-order valence-corrected chi connectivity index (χ4v) is 2.22. The van der Waals surface area contributed by atoms with E-state index in [1.165, 1.54) is 12.8 Å². The molecule has 1 aliphatic rings. The smallest absolute Gasteiger partial charge is 0.340 e. The Balaban J connectivity index is 2.04. The molecule has 1 aromatic heterocycles. The molecule has 6 nitrogen and oxygen atoms in total. The second-order valence-electron chi connectivity index (χ2n) is 5.41. The highest BCUT2D eigenvalue weighted by Gasteiger charge is 2.25. The molecule has 116 valence electrons. The zero-order valence-electron chi connectivity index (χ0n) is 12.7. The number of aromatic nitrogens is 1. The van der Waals surface area contributed by atoms with Crippen LogP contribution in [-0.4, -0.2) is 43.7 Å². The van der Waals surface area contributed by atoms with Gasteiger partial charge in [0, 0.05) is 19.3 Å². The summed E-state index contributed by atoms with van der Waals surface area (Å²) in [5.41, 5.74) is 2.14. The number of hydrogen-bond donors (Lipinski definition) is 2. The average molecular weight is 294 g/mol. The van der Waals surface area contributed by atoms with Gasteiger partial charge in [0.1, 0.15) is 12.3 Å². The van der Waals surface area contributed by atoms with Crippen molar-refractivity contribution >= 4 is 11.9 Å². The number of carbonyl (C=O) groups is 2. The molecule has 0 aromatic carbocycles. The van der Waals surface area contributed by atoms with Crippen LogP contribution < -0.4 is 5.32 Å². The number of methoxy groups -OCH3 is 1. The van der Waals surface area contributed by atoms with Gasteiger partial charge in [-0.15, -0.1) is 0 Å². The van der Waals surface area contributed by atoms with Gasteiger partial charge >= 0.3 is 5.97 Å². The third-order valence-corrected chi connectivity index (χ3v) is 3.64. The van der Waals surface area contributed by atoms with Crippen molar-refractivity contribution in [3.05, 3.63) is 22.5 Å². The number of aromatic amines is 1. The van der Waals surface area contributed by atoms with Gasteiger partial charge < -0.3 is 19.8 Å². The zero-order valence-corrected chi connectivity index (χ0v) is 12.7. The highest BCUT2D eigenvalue weighted by molar-refractivity contribution is 6.00. The molecule has 1 aromatic rings. The minimum Gasteiger partial charge on any atom is -0.460 e. The number of H-pyrrole nitrogens is 1. The van der Waals surface area contributed by atoms with Crippen molar-refractivity contribution in [2.45, 2.75) is 26.7 Å². The fourth-order valence-electron chi connectivity index (χ4n) is 2.22. The standard InChI is InChI=1S/C15H22N2O4/c1-9-12(15(19)21-7-6-20-3)10(2)17-13(9)14(18)16-8-11-4-5-11/h11,17H,4-8H2,1-3H3,(H,16,18). The second-order valence-corrected chi connectivity index (χ2v) is 5.41. The second kappa shape index (κ2) is 6.76. The summed E-state index contributed by atoms with van der Waals surface area (Å²) in [7, 11) is 1.54. The molecular weight excluding hydrogens is 272 g/mol. The quantitative estimate of drug-likeness (QED) is 0.591. The molecule has 2 rings (SSSR count). The summed E-state index contributed by atoms with van der Waals surface area (Å²) in [6, 6.07) is 0. The SMILES string of the molecule is COCCOC(=O)c1c(C)[nH]c(C(=O)NCC2CC2)c1C. The maximum atomic E-state index is 12.1. The summed E-state index contributed by atoms with van der Waals surface area (Å²) >= 11 is 0. The lowest BCUT2D eigenvalue weighted by atomic mass is 10.1. The molecule has 0 spiro atoms. The Hall–Kier alpha value is -1.82. The molecule has 0 bridgehead atoms. The highest BCUT2D eigenvalue weighted by atomic mass is 16.6. The number of ether oxygens (including phenoxy) is 2. The minimum absolute atomic E-state index is 0.168. The Morgan fingerprint density at radius 1 is 1.29 bits per heavy atom. The lowest BCUT2D eigenvalue weighted by Gasteiger charge is -2.05. The van der Waals surface area contributed by atoms with E-state index in [-0.39, 0.29) is 12.5 Å². The number of aryl methyl sites for hydroxylation is 1. The van der Waals surface area contributed by atoms with Gasteiger partial charge in [-0.1, -0.05) is 0 Å². The van der Waals surface area contributed by atoms with E-state index in [0.29, 0.717) is 41.6 Å². The van der Waals surface area contributed by atoms with E-state index in [9.17, 15) is 9.59 Å². The lowest BCUT2D eigenvalue weighted by molar-refractivity contribution is 0.0387. The first-order valence-corrected chi connectivity index (χ1v) is 7.18. The van der Waals surface area contributed by atoms with Crippen molar-refractivity contribution in [2.24, 2.45) is 5.92 Å². The van der Waals surface area contributed by atoms with Gasteiger partial charge in [0.15, 0.2) is 0 Å². The maximum Gasteiger partial charge on any atom is 0.340 e. The average Bonchev–Trinajstić information content (AvgIpc) is 3.22. The van der Waals surface area contributed by atoms with Crippen LogP contribution in [-0.2, 0) is 9.47 Å². The van der Waals surface area contributed by atoms with Crippen LogP contribution >= 0.6 is 0 Å². The molecule has 0 atom stereocenters. The monoisotopic (exact) mass is 294 g/mol. The first kappa shape index (κ1) is 15.6. The summed E-state index contributed by atoms with van der Waals surface area (Å²) in [6.07, 6.45) is 2.36. The predicted octanol–water partition coefficient (Wildman–Crippen LogP) is 1.57. The van der Waals surface area contributed by atoms with Crippen LogP contribution in [0.1, 0.15) is 44.9 Å². The molecule has 1 heterocycles. The van der Waals surface area contributed by atoms with Crippen molar-refractivity contribution in [2.75, 3.05) is 26.9 Å². The first-order chi connectivity index (χ1) is 10.0. The van der Waals surface area contributed by atoms with Crippen LogP contribution in [0, 0.1) is 19.8 Å². The van der Waals surface area contributed by atoms with Crippen molar-refractivity contribution in [1.29, 1.82) is 0 Å². The third-order valence-electron chi connectivity index (χ3n) is 3.64. The predicted molar refractivity (Wildman–Crippen MR) is 77.5 cm³/mol. The zero-order chi connectivity index (χ0) is 15.4. The molecular formula is C15H22N2O4. The van der Waals surface area contributed by atoms with Gasteiger partial charge in [0.25, 0.3) is 5.91 Å². The fraction of sp³-hybridized carbons (Fsp3) is 0.600. The Bertz CT molecular complexity index is 532. The summed E-state index contributed by atoms with van der Waals surface area (Å²) in [6.45, 7) is 4.76. The largest absolute Gasteiger partial charge is 0.460 e. The van der Waals surface area contributed by atoms with E-state index < -0.39 is 5.97 Å². The van der Waals surface area contributed by atoms with Gasteiger partial charge in [-0.05, 0) is 38.2 Å². The van der Waals surface area contributed by atoms with Crippen LogP contribution in [0.5, 0.6) is 0 Å². The summed E-state index contributed by atoms with van der Waals surface area (Å²) in [5, 5.41) is 2.89. The number of hydrogen-bond acceptors (Lipinski definition) is 4. The molecule has 1 saturated carbocycles. The van der Waals surface area contributed by atoms with E-state index in [4.69, 9.17) is 9.47 Å². The summed E-state index contributed by atoms with van der Waals surface area (Å²) < 4.78 is 9.96. The van der Waals surface area contributed by atoms with Crippen LogP contribution in [0.3, 0.4) is 0 Å². The van der Waals surface area contributed by atoms with E-state index in [1.54, 1.807) is 21.0 Å². The number of esters is 1. The minimum atomic E-state index is -0.431. The molecule has 1 amide bonds. The van der Waals surface area contributed by atoms with E-state index in [0.717, 1.165) is 0 Å². The number of nitrogens with one attached hydrogen (secondary N) is 2. The highest BCUT2D eigenvalue weighted by Crippen LogP contribution is 2.27. The van der Waals surface area contributed by atoms with Crippen molar-refractivity contribution in [3.8, 4) is 0 Å². The maximum absolute atomic E-state index is 12.1. The Kier molecular flexibility index (Phi) is 5.01. The van der Waals surface area contributed by atoms with Crippen LogP contribution in [0.2, 0.25) is 0 Å². The molecule has 0 aliphatic heterocycles. The van der Waals surface area contributed by atoms with E-state index >= 15 is 0 Å². The van der Waals surface area contributed by atoms with E-state index in [1.807, 2.05) is 0 Å². The number of rotatable bonds is 7. The molecule has 1 aliphatic carbocycles. The van der Waals surface area contributed by atoms with Gasteiger partial charge in [-0.3, -0.25) is 4.79 Å². The molecule has 0 unspecified atom stereocenters. The van der Waals surface area contributed by atoms with Gasteiger partial charge in [0.05, 0.1) is 12.2 Å². The first-order valence-electron chi connectivity index (χ1n) is 7.18. The Labute approximate surface area is 124 Å². The lowest BCUT2D eigenvalue weighted by Crippen LogP contribution is -2.26. The van der Waals surface area contributed by atoms with Crippen LogP contribution in [0.4, 0.5) is 0 Å². The molecule has 2 N–H and O–H groups in total. The number of amides is 1. The van der Waals surface area contributed by atoms with E-state index in [2.05, 4.69) is 10.3 Å². The Morgan fingerprint density at radius 3 is 2.62 bits per heavy atom. The molecule has 21 heavy (non-hydrogen) atoms. The Morgan fingerprint density at radius 2 is 2.00 bits per heavy atom. The summed E-state index contributed by atoms with van der Waals surface area (Å²) in [4.78, 5) is 27.2. The summed E-state index contributed by atoms with van der Waals surface area (Å²) in [5.74, 6) is 0.0155. The van der Waals surface area contributed by atoms with Gasteiger partial charge in [-0.25, -0.2) is 4.79 Å². The van der Waals surface area contributed by atoms with Crippen molar-refractivity contribution in [1.82, 2.24) is 10.3 Å². The van der Waals surface area contributed by atoms with Gasteiger partial charge in [0.2, 0.25) is 0 Å². The number of carbonyl (C=O) groups excluding carboxylic acids is 2. The van der Waals surface area contributed by atoms with Crippen molar-refractivity contribution < 1.29 is 19.1 Å². The third kappa shape index (κ3) is 3.85. The van der Waals surface area contributed by atoms with Crippen LogP contribution in [0.15, 0.2) is 0 Å².